The van der Waals surface area contributed by atoms with Gasteiger partial charge in [-0.2, -0.15) is 0 Å². The Morgan fingerprint density at radius 2 is 1.88 bits per heavy atom. The smallest absolute Gasteiger partial charge is 0.180 e. The summed E-state index contributed by atoms with van der Waals surface area (Å²) < 4.78 is 5.43. The number of benzene rings is 1. The lowest BCUT2D eigenvalue weighted by atomic mass is 10.1. The quantitative estimate of drug-likeness (QED) is 0.852. The van der Waals surface area contributed by atoms with E-state index in [1.54, 1.807) is 18.4 Å². The molecule has 2 aromatic rings. The molecule has 0 amide bonds. The van der Waals surface area contributed by atoms with Gasteiger partial charge >= 0.3 is 0 Å². The van der Waals surface area contributed by atoms with Crippen LogP contribution in [0.2, 0.25) is 5.02 Å². The van der Waals surface area contributed by atoms with Gasteiger partial charge < -0.3 is 10.5 Å². The third-order valence-electron chi connectivity index (χ3n) is 4.05. The molecule has 5 nitrogen and oxygen atoms in total. The van der Waals surface area contributed by atoms with Crippen LogP contribution in [-0.2, 0) is 13.1 Å². The Bertz CT molecular complexity index is 659. The van der Waals surface area contributed by atoms with E-state index >= 15 is 0 Å². The Morgan fingerprint density at radius 1 is 1.21 bits per heavy atom. The van der Waals surface area contributed by atoms with Gasteiger partial charge in [-0.1, -0.05) is 11.6 Å². The van der Waals surface area contributed by atoms with Crippen LogP contribution in [0.25, 0.3) is 0 Å². The van der Waals surface area contributed by atoms with Gasteiger partial charge in [0.2, 0.25) is 0 Å². The van der Waals surface area contributed by atoms with Crippen LogP contribution in [0.15, 0.2) is 24.4 Å². The fraction of sp³-hybridized carbons (Fsp3) is 0.438. The fourth-order valence-electron chi connectivity index (χ4n) is 2.83. The van der Waals surface area contributed by atoms with E-state index in [0.29, 0.717) is 5.13 Å². The number of anilines is 1. The lowest BCUT2D eigenvalue weighted by Crippen LogP contribution is -2.45. The molecule has 1 aromatic heterocycles. The molecule has 1 aromatic carbocycles. The summed E-state index contributed by atoms with van der Waals surface area (Å²) in [4.78, 5) is 10.2. The molecule has 3 rings (SSSR count). The van der Waals surface area contributed by atoms with Crippen molar-refractivity contribution in [3.8, 4) is 5.75 Å². The molecule has 1 aliphatic heterocycles. The SMILES string of the molecule is COc1ccc(Cl)cc1CN1CCN(Cc2cnc(N)s2)CC1.Cl. The third-order valence-corrected chi connectivity index (χ3v) is 5.10. The summed E-state index contributed by atoms with van der Waals surface area (Å²) in [5, 5.41) is 1.40. The molecule has 1 aliphatic rings. The van der Waals surface area contributed by atoms with E-state index in [0.717, 1.165) is 55.6 Å². The lowest BCUT2D eigenvalue weighted by molar-refractivity contribution is 0.122. The molecule has 0 saturated carbocycles. The van der Waals surface area contributed by atoms with Gasteiger partial charge in [-0.25, -0.2) is 4.98 Å². The number of aromatic nitrogens is 1. The molecule has 0 spiro atoms. The second-order valence-corrected chi connectivity index (χ2v) is 7.26. The zero-order chi connectivity index (χ0) is 16.2. The Balaban J connectivity index is 0.00000208. The molecule has 1 fully saturated rings. The van der Waals surface area contributed by atoms with Crippen LogP contribution in [-0.4, -0.2) is 48.1 Å². The Hall–Kier alpha value is -1.05. The van der Waals surface area contributed by atoms with E-state index < -0.39 is 0 Å². The van der Waals surface area contributed by atoms with Crippen molar-refractivity contribution < 1.29 is 4.74 Å². The average molecular weight is 389 g/mol. The fourth-order valence-corrected chi connectivity index (χ4v) is 3.75. The van der Waals surface area contributed by atoms with E-state index in [-0.39, 0.29) is 12.4 Å². The highest BCUT2D eigenvalue weighted by Crippen LogP contribution is 2.25. The van der Waals surface area contributed by atoms with Crippen LogP contribution < -0.4 is 10.5 Å². The van der Waals surface area contributed by atoms with E-state index in [9.17, 15) is 0 Å². The number of thiazole rings is 1. The molecule has 24 heavy (non-hydrogen) atoms. The van der Waals surface area contributed by atoms with Crippen molar-refractivity contribution >= 4 is 40.5 Å². The second-order valence-electron chi connectivity index (χ2n) is 5.67. The molecular weight excluding hydrogens is 367 g/mol. The van der Waals surface area contributed by atoms with Crippen molar-refractivity contribution in [2.75, 3.05) is 39.0 Å². The average Bonchev–Trinajstić information content (AvgIpc) is 2.95. The highest BCUT2D eigenvalue weighted by Gasteiger charge is 2.19. The van der Waals surface area contributed by atoms with Crippen LogP contribution in [0.5, 0.6) is 5.75 Å². The number of methoxy groups -OCH3 is 1. The number of nitrogens with two attached hydrogens (primary N) is 1. The summed E-state index contributed by atoms with van der Waals surface area (Å²) >= 11 is 7.68. The summed E-state index contributed by atoms with van der Waals surface area (Å²) in [6.45, 7) is 5.95. The number of hydrogen-bond donors (Lipinski definition) is 1. The van der Waals surface area contributed by atoms with Gasteiger partial charge in [0.05, 0.1) is 7.11 Å². The van der Waals surface area contributed by atoms with Crippen LogP contribution >= 0.6 is 35.3 Å². The van der Waals surface area contributed by atoms with Gasteiger partial charge in [0.15, 0.2) is 5.13 Å². The molecule has 1 saturated heterocycles. The minimum absolute atomic E-state index is 0. The summed E-state index contributed by atoms with van der Waals surface area (Å²) in [5.74, 6) is 0.900. The molecule has 0 unspecified atom stereocenters. The van der Waals surface area contributed by atoms with Crippen LogP contribution in [0, 0.1) is 0 Å². The Morgan fingerprint density at radius 3 is 2.46 bits per heavy atom. The highest BCUT2D eigenvalue weighted by atomic mass is 35.5. The predicted molar refractivity (Wildman–Crippen MR) is 102 cm³/mol. The number of ether oxygens (including phenoxy) is 1. The van der Waals surface area contributed by atoms with Gasteiger partial charge in [0.1, 0.15) is 5.75 Å². The highest BCUT2D eigenvalue weighted by molar-refractivity contribution is 7.15. The van der Waals surface area contributed by atoms with E-state index in [4.69, 9.17) is 22.1 Å². The normalized spacial score (nSPS) is 15.9. The Kier molecular flexibility index (Phi) is 7.13. The largest absolute Gasteiger partial charge is 0.496 e. The monoisotopic (exact) mass is 388 g/mol. The molecule has 8 heteroatoms. The lowest BCUT2D eigenvalue weighted by Gasteiger charge is -2.34. The number of rotatable bonds is 5. The molecular formula is C16H22Cl2N4OS. The first-order chi connectivity index (χ1) is 11.1. The minimum atomic E-state index is 0. The predicted octanol–water partition coefficient (Wildman–Crippen LogP) is 3.13. The molecule has 132 valence electrons. The van der Waals surface area contributed by atoms with Crippen molar-refractivity contribution in [3.63, 3.8) is 0 Å². The summed E-state index contributed by atoms with van der Waals surface area (Å²) in [6, 6.07) is 5.79. The van der Waals surface area contributed by atoms with Crippen molar-refractivity contribution in [3.05, 3.63) is 39.9 Å². The first-order valence-electron chi connectivity index (χ1n) is 7.61. The molecule has 2 N–H and O–H groups in total. The maximum Gasteiger partial charge on any atom is 0.180 e. The molecule has 0 bridgehead atoms. The van der Waals surface area contributed by atoms with Crippen LogP contribution in [0.3, 0.4) is 0 Å². The first kappa shape index (κ1) is 19.3. The number of nitrogen functional groups attached to an aromatic ring is 1. The standard InChI is InChI=1S/C16H21ClN4OS.ClH/c1-22-15-3-2-13(17)8-12(15)10-20-4-6-21(7-5-20)11-14-9-19-16(18)23-14;/h2-3,8-9H,4-7,10-11H2,1H3,(H2,18,19);1H. The Labute approximate surface area is 157 Å². The van der Waals surface area contributed by atoms with Crippen molar-refractivity contribution in [1.29, 1.82) is 0 Å². The summed E-state index contributed by atoms with van der Waals surface area (Å²) in [5.41, 5.74) is 6.83. The minimum Gasteiger partial charge on any atom is -0.496 e. The molecule has 0 radical (unpaired) electrons. The number of halogens is 2. The topological polar surface area (TPSA) is 54.6 Å². The molecule has 0 aliphatic carbocycles. The maximum atomic E-state index is 6.11. The van der Waals surface area contributed by atoms with E-state index in [2.05, 4.69) is 14.8 Å². The van der Waals surface area contributed by atoms with Gasteiger partial charge in [-0.3, -0.25) is 9.80 Å². The van der Waals surface area contributed by atoms with Gasteiger partial charge in [-0.05, 0) is 18.2 Å². The second kappa shape index (κ2) is 8.87. The van der Waals surface area contributed by atoms with Crippen LogP contribution in [0.1, 0.15) is 10.4 Å². The number of hydrogen-bond acceptors (Lipinski definition) is 6. The number of piperazine rings is 1. The zero-order valence-electron chi connectivity index (χ0n) is 13.6. The summed E-state index contributed by atoms with van der Waals surface area (Å²) in [6.07, 6.45) is 1.88. The van der Waals surface area contributed by atoms with E-state index in [1.165, 1.54) is 4.88 Å². The van der Waals surface area contributed by atoms with Crippen LogP contribution in [0.4, 0.5) is 5.13 Å². The first-order valence-corrected chi connectivity index (χ1v) is 8.81. The van der Waals surface area contributed by atoms with Crippen molar-refractivity contribution in [1.82, 2.24) is 14.8 Å². The molecule has 2 heterocycles. The maximum absolute atomic E-state index is 6.11. The van der Waals surface area contributed by atoms with Gasteiger partial charge in [0, 0.05) is 60.9 Å². The zero-order valence-corrected chi connectivity index (χ0v) is 16.0. The summed E-state index contributed by atoms with van der Waals surface area (Å²) in [7, 11) is 1.70. The van der Waals surface area contributed by atoms with Gasteiger partial charge in [0.25, 0.3) is 0 Å². The van der Waals surface area contributed by atoms with E-state index in [1.807, 2.05) is 24.4 Å². The van der Waals surface area contributed by atoms with Crippen molar-refractivity contribution in [2.24, 2.45) is 0 Å². The number of nitrogens with zero attached hydrogens (tertiary/aromatic N) is 3. The third kappa shape index (κ3) is 4.97. The van der Waals surface area contributed by atoms with Gasteiger partial charge in [-0.15, -0.1) is 23.7 Å². The van der Waals surface area contributed by atoms with Crippen molar-refractivity contribution in [2.45, 2.75) is 13.1 Å². The molecule has 0 atom stereocenters.